The molecule has 2 aliphatic carbocycles. The molecule has 2 aliphatic rings. The number of azide groups is 1. The molecule has 1 aromatic rings. The van der Waals surface area contributed by atoms with Crippen molar-refractivity contribution in [3.63, 3.8) is 0 Å². The van der Waals surface area contributed by atoms with Gasteiger partial charge in [-0.25, -0.2) is 0 Å². The first-order valence-corrected chi connectivity index (χ1v) is 3.31. The van der Waals surface area contributed by atoms with Crippen LogP contribution in [0.5, 0.6) is 0 Å². The number of hydrogen-bond donors (Lipinski definition) is 0. The van der Waals surface area contributed by atoms with Gasteiger partial charge in [-0.1, -0.05) is 5.11 Å². The van der Waals surface area contributed by atoms with E-state index in [4.69, 9.17) is 5.53 Å². The summed E-state index contributed by atoms with van der Waals surface area (Å²) in [5.74, 6) is -0.581. The zero-order chi connectivity index (χ0) is 9.59. The van der Waals surface area contributed by atoms with E-state index in [0.717, 1.165) is 6.08 Å². The third-order valence-corrected chi connectivity index (χ3v) is 1.83. The molecule has 0 radical (unpaired) electrons. The summed E-state index contributed by atoms with van der Waals surface area (Å²) in [5.41, 5.74) is 6.68. The fourth-order valence-electron chi connectivity index (χ4n) is 1.23. The van der Waals surface area contributed by atoms with Gasteiger partial charge in [0.25, 0.3) is 0 Å². The molecule has 13 heavy (non-hydrogen) atoms. The van der Waals surface area contributed by atoms with E-state index in [9.17, 15) is 14.4 Å². The van der Waals surface area contributed by atoms with Gasteiger partial charge in [-0.3, -0.25) is 14.4 Å². The molecule has 62 valence electrons. The number of fused-ring (bicyclic) bond motifs is 2. The zero-order valence-corrected chi connectivity index (χ0v) is 6.14. The van der Waals surface area contributed by atoms with Crippen molar-refractivity contribution in [3.05, 3.63) is 41.3 Å². The van der Waals surface area contributed by atoms with Gasteiger partial charge in [0, 0.05) is 11.0 Å². The van der Waals surface area contributed by atoms with Crippen LogP contribution >= 0.6 is 0 Å². The molecule has 0 saturated heterocycles. The molecule has 0 aromatic heterocycles. The monoisotopic (exact) mass is 175 g/mol. The second kappa shape index (κ2) is 2.15. The van der Waals surface area contributed by atoms with Crippen LogP contribution in [0.1, 0.15) is 0 Å². The van der Waals surface area contributed by atoms with Gasteiger partial charge in [0.05, 0.1) is 10.4 Å². The van der Waals surface area contributed by atoms with E-state index >= 15 is 0 Å². The number of carbonyl (C=O) groups is 1. The van der Waals surface area contributed by atoms with E-state index < -0.39 is 16.6 Å². The van der Waals surface area contributed by atoms with Crippen molar-refractivity contribution in [2.24, 2.45) is 5.11 Å². The number of Topliss-reactive ketones (excluding diaryl/α,β-unsaturated/α-hetero) is 1. The molecule has 0 heterocycles. The number of ketones is 1. The largest absolute Gasteiger partial charge is 0.289 e. The smallest absolute Gasteiger partial charge is 0.201 e. The first-order valence-electron chi connectivity index (χ1n) is 3.31. The lowest BCUT2D eigenvalue weighted by Crippen LogP contribution is -2.67. The summed E-state index contributed by atoms with van der Waals surface area (Å²) in [4.78, 5) is 35.4. The molecule has 0 amide bonds. The van der Waals surface area contributed by atoms with Crippen molar-refractivity contribution < 1.29 is 4.79 Å². The summed E-state index contributed by atoms with van der Waals surface area (Å²) < 4.78 is 0. The van der Waals surface area contributed by atoms with E-state index in [1.54, 1.807) is 0 Å². The first-order chi connectivity index (χ1) is 6.16. The van der Waals surface area contributed by atoms with E-state index in [1.165, 1.54) is 0 Å². The van der Waals surface area contributed by atoms with Crippen LogP contribution in [0.15, 0.2) is 14.7 Å². The molecule has 1 aromatic carbocycles. The Kier molecular flexibility index (Phi) is 1.23. The van der Waals surface area contributed by atoms with Crippen molar-refractivity contribution in [2.75, 3.05) is 0 Å². The third kappa shape index (κ3) is 0.719. The fourth-order valence-corrected chi connectivity index (χ4v) is 1.23. The van der Waals surface area contributed by atoms with Gasteiger partial charge in [0.15, 0.2) is 5.78 Å². The Morgan fingerprint density at radius 1 is 1.23 bits per heavy atom. The van der Waals surface area contributed by atoms with Gasteiger partial charge in [-0.05, 0) is 5.53 Å². The molecule has 0 saturated carbocycles. The highest BCUT2D eigenvalue weighted by atomic mass is 16.1. The maximum absolute atomic E-state index is 11.0. The summed E-state index contributed by atoms with van der Waals surface area (Å²) in [6.45, 7) is 0. The second-order valence-electron chi connectivity index (χ2n) is 2.49. The van der Waals surface area contributed by atoms with Crippen LogP contribution in [0.2, 0.25) is 0 Å². The Balaban J connectivity index is 3.05. The molecule has 0 atom stereocenters. The standard InChI is InChI=1S/C7HN3O3/c8-10-9-5-3(11)1-2-6(12)4(5)7(2)13/h1H. The molecule has 6 heteroatoms. The minimum atomic E-state index is -0.581. The average Bonchev–Trinajstić information content (AvgIpc) is 2.11. The number of rotatable bonds is 1. The minimum absolute atomic E-state index is 0.114. The van der Waals surface area contributed by atoms with E-state index in [0.29, 0.717) is 0 Å². The normalized spacial score (nSPS) is 13.8. The molecule has 0 aliphatic heterocycles. The summed E-state index contributed by atoms with van der Waals surface area (Å²) in [5, 5.41) is 2.62. The topological polar surface area (TPSA) is 100.0 Å². The zero-order valence-electron chi connectivity index (χ0n) is 6.14. The molecular weight excluding hydrogens is 174 g/mol. The van der Waals surface area contributed by atoms with Gasteiger partial charge in [0.2, 0.25) is 10.9 Å². The highest BCUT2D eigenvalue weighted by Gasteiger charge is 2.22. The average molecular weight is 175 g/mol. The summed E-state index contributed by atoms with van der Waals surface area (Å²) in [6.07, 6.45) is 0.904. The van der Waals surface area contributed by atoms with Gasteiger partial charge in [-0.2, -0.15) is 0 Å². The van der Waals surface area contributed by atoms with E-state index in [1.807, 2.05) is 0 Å². The molecule has 0 spiro atoms. The summed E-state index contributed by atoms with van der Waals surface area (Å²) in [7, 11) is 0. The van der Waals surface area contributed by atoms with Crippen LogP contribution in [0, 0.1) is 0 Å². The SMILES string of the molecule is [N-]=[N+]=NC1=c2c(=O)c(c2=O)=CC1=O. The van der Waals surface area contributed by atoms with Gasteiger partial charge in [-0.15, -0.1) is 0 Å². The van der Waals surface area contributed by atoms with Gasteiger partial charge >= 0.3 is 0 Å². The Hall–Kier alpha value is -2.20. The van der Waals surface area contributed by atoms with Crippen LogP contribution in [0.4, 0.5) is 0 Å². The fraction of sp³-hybridized carbons (Fsp3) is 0. The van der Waals surface area contributed by atoms with Gasteiger partial charge in [0.1, 0.15) is 5.70 Å². The summed E-state index contributed by atoms with van der Waals surface area (Å²) >= 11 is 0. The van der Waals surface area contributed by atoms with Crippen LogP contribution in [0.25, 0.3) is 22.2 Å². The Labute approximate surface area is 69.7 Å². The lowest BCUT2D eigenvalue weighted by Gasteiger charge is -2.02. The molecule has 2 bridgehead atoms. The highest BCUT2D eigenvalue weighted by molar-refractivity contribution is 6.31. The lowest BCUT2D eigenvalue weighted by atomic mass is 10.0. The molecule has 0 fully saturated rings. The number of hydrogen-bond acceptors (Lipinski definition) is 4. The van der Waals surface area contributed by atoms with Crippen LogP contribution in [-0.4, -0.2) is 5.78 Å². The first kappa shape index (κ1) is 7.45. The second-order valence-corrected chi connectivity index (χ2v) is 2.49. The van der Waals surface area contributed by atoms with Crippen molar-refractivity contribution in [1.82, 2.24) is 0 Å². The van der Waals surface area contributed by atoms with Gasteiger partial charge < -0.3 is 0 Å². The molecular formula is C7HN3O3. The van der Waals surface area contributed by atoms with Crippen molar-refractivity contribution in [2.45, 2.75) is 0 Å². The predicted octanol–water partition coefficient (Wildman–Crippen LogP) is -1.94. The van der Waals surface area contributed by atoms with Crippen LogP contribution in [0.3, 0.4) is 0 Å². The Bertz CT molecular complexity index is 622. The number of nitrogens with zero attached hydrogens (tertiary/aromatic N) is 3. The third-order valence-electron chi connectivity index (χ3n) is 1.83. The predicted molar refractivity (Wildman–Crippen MR) is 42.6 cm³/mol. The van der Waals surface area contributed by atoms with E-state index in [-0.39, 0.29) is 16.1 Å². The summed E-state index contributed by atoms with van der Waals surface area (Å²) in [6, 6.07) is 0. The quantitative estimate of drug-likeness (QED) is 0.282. The van der Waals surface area contributed by atoms with Crippen molar-refractivity contribution >= 4 is 17.6 Å². The Morgan fingerprint density at radius 2 is 1.85 bits per heavy atom. The minimum Gasteiger partial charge on any atom is -0.289 e. The molecule has 0 unspecified atom stereocenters. The maximum Gasteiger partial charge on any atom is 0.201 e. The van der Waals surface area contributed by atoms with Crippen molar-refractivity contribution in [3.8, 4) is 0 Å². The van der Waals surface area contributed by atoms with Crippen LogP contribution in [-0.2, 0) is 4.79 Å². The highest BCUT2D eigenvalue weighted by Crippen LogP contribution is 1.99. The lowest BCUT2D eigenvalue weighted by molar-refractivity contribution is -0.108. The van der Waals surface area contributed by atoms with Crippen molar-refractivity contribution in [1.29, 1.82) is 0 Å². The Morgan fingerprint density at radius 3 is 2.38 bits per heavy atom. The molecule has 6 nitrogen and oxygen atoms in total. The molecule has 0 N–H and O–H groups in total. The van der Waals surface area contributed by atoms with E-state index in [2.05, 4.69) is 10.0 Å². The van der Waals surface area contributed by atoms with Crippen LogP contribution < -0.4 is 21.3 Å². The maximum atomic E-state index is 11.0. The number of carbonyl (C=O) groups excluding carboxylic acids is 1. The molecule has 3 rings (SSSR count).